The lowest BCUT2D eigenvalue weighted by Crippen LogP contribution is -2.47. The second-order valence-corrected chi connectivity index (χ2v) is 6.59. The van der Waals surface area contributed by atoms with Gasteiger partial charge in [-0.05, 0) is 49.2 Å². The summed E-state index contributed by atoms with van der Waals surface area (Å²) in [7, 11) is 2.15. The highest BCUT2D eigenvalue weighted by Gasteiger charge is 2.25. The smallest absolute Gasteiger partial charge is 0.246 e. The van der Waals surface area contributed by atoms with Crippen molar-refractivity contribution in [1.82, 2.24) is 14.8 Å². The number of hydrogen-bond acceptors (Lipinski definition) is 3. The van der Waals surface area contributed by atoms with Crippen LogP contribution in [0.4, 0.5) is 0 Å². The van der Waals surface area contributed by atoms with Gasteiger partial charge < -0.3 is 4.90 Å². The van der Waals surface area contributed by atoms with E-state index in [0.29, 0.717) is 6.04 Å². The van der Waals surface area contributed by atoms with Gasteiger partial charge in [0.15, 0.2) is 0 Å². The average Bonchev–Trinajstić information content (AvgIpc) is 2.68. The van der Waals surface area contributed by atoms with E-state index in [1.165, 1.54) is 5.56 Å². The van der Waals surface area contributed by atoms with Crippen LogP contribution in [0.5, 0.6) is 0 Å². The van der Waals surface area contributed by atoms with Gasteiger partial charge in [0.25, 0.3) is 0 Å². The second kappa shape index (κ2) is 8.58. The van der Waals surface area contributed by atoms with Crippen molar-refractivity contribution in [1.29, 1.82) is 0 Å². The molecule has 0 bridgehead atoms. The SMILES string of the molecule is CN(Cc1ccccc1)[C@@H]1CCCN(C(=O)/C=C/c2ccncc2)C1. The molecule has 1 aliphatic rings. The zero-order valence-corrected chi connectivity index (χ0v) is 14.7. The van der Waals surface area contributed by atoms with Crippen molar-refractivity contribution < 1.29 is 4.79 Å². The molecule has 3 rings (SSSR count). The number of pyridine rings is 1. The number of nitrogens with zero attached hydrogens (tertiary/aromatic N) is 3. The van der Waals surface area contributed by atoms with Crippen LogP contribution in [0.2, 0.25) is 0 Å². The third kappa shape index (κ3) is 5.00. The molecule has 0 saturated carbocycles. The van der Waals surface area contributed by atoms with Crippen molar-refractivity contribution in [3.63, 3.8) is 0 Å². The van der Waals surface area contributed by atoms with E-state index in [-0.39, 0.29) is 5.91 Å². The van der Waals surface area contributed by atoms with Gasteiger partial charge in [-0.3, -0.25) is 14.7 Å². The normalized spacial score (nSPS) is 18.0. The molecule has 4 heteroatoms. The number of piperidine rings is 1. The topological polar surface area (TPSA) is 36.4 Å². The van der Waals surface area contributed by atoms with E-state index in [4.69, 9.17) is 0 Å². The maximum atomic E-state index is 12.5. The quantitative estimate of drug-likeness (QED) is 0.787. The molecule has 0 unspecified atom stereocenters. The van der Waals surface area contributed by atoms with Gasteiger partial charge in [-0.2, -0.15) is 0 Å². The third-order valence-electron chi connectivity index (χ3n) is 4.73. The van der Waals surface area contributed by atoms with Crippen molar-refractivity contribution in [2.75, 3.05) is 20.1 Å². The zero-order chi connectivity index (χ0) is 17.5. The Labute approximate surface area is 149 Å². The molecule has 1 aromatic heterocycles. The van der Waals surface area contributed by atoms with Crippen LogP contribution in [0.1, 0.15) is 24.0 Å². The monoisotopic (exact) mass is 335 g/mol. The summed E-state index contributed by atoms with van der Waals surface area (Å²) >= 11 is 0. The van der Waals surface area contributed by atoms with Crippen LogP contribution in [0.15, 0.2) is 60.9 Å². The van der Waals surface area contributed by atoms with Crippen LogP contribution in [-0.4, -0.2) is 46.9 Å². The summed E-state index contributed by atoms with van der Waals surface area (Å²) in [5, 5.41) is 0. The highest BCUT2D eigenvalue weighted by molar-refractivity contribution is 5.91. The minimum absolute atomic E-state index is 0.0922. The van der Waals surface area contributed by atoms with Crippen LogP contribution >= 0.6 is 0 Å². The van der Waals surface area contributed by atoms with Gasteiger partial charge in [0.05, 0.1) is 0 Å². The fourth-order valence-electron chi connectivity index (χ4n) is 3.26. The van der Waals surface area contributed by atoms with Crippen LogP contribution in [0, 0.1) is 0 Å². The minimum Gasteiger partial charge on any atom is -0.338 e. The highest BCUT2D eigenvalue weighted by Crippen LogP contribution is 2.17. The van der Waals surface area contributed by atoms with Gasteiger partial charge in [-0.15, -0.1) is 0 Å². The summed E-state index contributed by atoms with van der Waals surface area (Å²) in [4.78, 5) is 20.8. The molecule has 1 aliphatic heterocycles. The maximum absolute atomic E-state index is 12.5. The summed E-state index contributed by atoms with van der Waals surface area (Å²) < 4.78 is 0. The van der Waals surface area contributed by atoms with Crippen molar-refractivity contribution in [2.45, 2.75) is 25.4 Å². The van der Waals surface area contributed by atoms with Gasteiger partial charge in [0.1, 0.15) is 0 Å². The predicted octanol–water partition coefficient (Wildman–Crippen LogP) is 3.22. The number of likely N-dealkylation sites (tertiary alicyclic amines) is 1. The van der Waals surface area contributed by atoms with E-state index < -0.39 is 0 Å². The van der Waals surface area contributed by atoms with E-state index in [1.807, 2.05) is 29.2 Å². The third-order valence-corrected chi connectivity index (χ3v) is 4.73. The molecule has 0 aliphatic carbocycles. The van der Waals surface area contributed by atoms with Crippen LogP contribution < -0.4 is 0 Å². The summed E-state index contributed by atoms with van der Waals surface area (Å²) in [6.07, 6.45) is 9.20. The second-order valence-electron chi connectivity index (χ2n) is 6.59. The fourth-order valence-corrected chi connectivity index (χ4v) is 3.26. The molecular formula is C21H25N3O. The first kappa shape index (κ1) is 17.4. The largest absolute Gasteiger partial charge is 0.338 e. The Bertz CT molecular complexity index is 700. The van der Waals surface area contributed by atoms with Crippen LogP contribution in [0.3, 0.4) is 0 Å². The Hall–Kier alpha value is -2.46. The molecule has 1 saturated heterocycles. The first-order valence-corrected chi connectivity index (χ1v) is 8.83. The van der Waals surface area contributed by atoms with Crippen molar-refractivity contribution >= 4 is 12.0 Å². The standard InChI is InChI=1S/C21H25N3O/c1-23(16-19-6-3-2-4-7-19)20-8-5-15-24(17-20)21(25)10-9-18-11-13-22-14-12-18/h2-4,6-7,9-14,20H,5,8,15-17H2,1H3/b10-9+/t20-/m1/s1. The molecule has 1 amide bonds. The number of amides is 1. The summed E-state index contributed by atoms with van der Waals surface area (Å²) in [6, 6.07) is 14.7. The number of carbonyl (C=O) groups excluding carboxylic acids is 1. The molecule has 0 radical (unpaired) electrons. The van der Waals surface area contributed by atoms with Crippen LogP contribution in [-0.2, 0) is 11.3 Å². The molecule has 130 valence electrons. The van der Waals surface area contributed by atoms with Gasteiger partial charge in [-0.1, -0.05) is 30.3 Å². The van der Waals surface area contributed by atoms with E-state index in [2.05, 4.69) is 41.2 Å². The van der Waals surface area contributed by atoms with E-state index in [1.54, 1.807) is 18.5 Å². The van der Waals surface area contributed by atoms with E-state index >= 15 is 0 Å². The van der Waals surface area contributed by atoms with E-state index in [0.717, 1.165) is 38.0 Å². The fraction of sp³-hybridized carbons (Fsp3) is 0.333. The molecule has 25 heavy (non-hydrogen) atoms. The Morgan fingerprint density at radius 1 is 1.24 bits per heavy atom. The maximum Gasteiger partial charge on any atom is 0.246 e. The summed E-state index contributed by atoms with van der Waals surface area (Å²) in [6.45, 7) is 2.55. The molecule has 4 nitrogen and oxygen atoms in total. The number of rotatable bonds is 5. The molecule has 1 aromatic carbocycles. The number of likely N-dealkylation sites (N-methyl/N-ethyl adjacent to an activating group) is 1. The Morgan fingerprint density at radius 3 is 2.76 bits per heavy atom. The molecule has 2 heterocycles. The minimum atomic E-state index is 0.0922. The highest BCUT2D eigenvalue weighted by atomic mass is 16.2. The Balaban J connectivity index is 1.57. The number of carbonyl (C=O) groups is 1. The first-order chi connectivity index (χ1) is 12.2. The molecule has 2 aromatic rings. The number of hydrogen-bond donors (Lipinski definition) is 0. The first-order valence-electron chi connectivity index (χ1n) is 8.83. The summed E-state index contributed by atoms with van der Waals surface area (Å²) in [5.41, 5.74) is 2.31. The van der Waals surface area contributed by atoms with Gasteiger partial charge in [0.2, 0.25) is 5.91 Å². The number of aromatic nitrogens is 1. The zero-order valence-electron chi connectivity index (χ0n) is 14.7. The van der Waals surface area contributed by atoms with Gasteiger partial charge in [-0.25, -0.2) is 0 Å². The van der Waals surface area contributed by atoms with E-state index in [9.17, 15) is 4.79 Å². The lowest BCUT2D eigenvalue weighted by atomic mass is 10.0. The van der Waals surface area contributed by atoms with Gasteiger partial charge >= 0.3 is 0 Å². The molecule has 1 atom stereocenters. The Morgan fingerprint density at radius 2 is 2.00 bits per heavy atom. The molecular weight excluding hydrogens is 310 g/mol. The predicted molar refractivity (Wildman–Crippen MR) is 101 cm³/mol. The lowest BCUT2D eigenvalue weighted by molar-refractivity contribution is -0.128. The van der Waals surface area contributed by atoms with Crippen molar-refractivity contribution in [3.8, 4) is 0 Å². The Kier molecular flexibility index (Phi) is 5.96. The average molecular weight is 335 g/mol. The lowest BCUT2D eigenvalue weighted by Gasteiger charge is -2.37. The molecule has 0 N–H and O–H groups in total. The molecule has 0 spiro atoms. The van der Waals surface area contributed by atoms with Crippen LogP contribution in [0.25, 0.3) is 6.08 Å². The van der Waals surface area contributed by atoms with Gasteiger partial charge in [0, 0.05) is 44.1 Å². The van der Waals surface area contributed by atoms with Crippen molar-refractivity contribution in [2.24, 2.45) is 0 Å². The molecule has 1 fully saturated rings. The number of benzene rings is 1. The summed E-state index contributed by atoms with van der Waals surface area (Å²) in [5.74, 6) is 0.0922. The van der Waals surface area contributed by atoms with Crippen molar-refractivity contribution in [3.05, 3.63) is 72.1 Å².